The molecule has 5 heteroatoms. The molecule has 2 aliphatic heterocycles. The van der Waals surface area contributed by atoms with Gasteiger partial charge in [-0.15, -0.1) is 0 Å². The molecule has 1 aromatic carbocycles. The Bertz CT molecular complexity index is 678. The second-order valence-corrected chi connectivity index (χ2v) is 7.85. The SMILES string of the molecule is COCCN1CC2(CCC1=O)CCN(C(=O)c1cccc(C)c1C)CC2. The Kier molecular flexibility index (Phi) is 5.66. The maximum Gasteiger partial charge on any atom is 0.254 e. The lowest BCUT2D eigenvalue weighted by atomic mass is 9.72. The van der Waals surface area contributed by atoms with Crippen molar-refractivity contribution >= 4 is 11.8 Å². The van der Waals surface area contributed by atoms with Gasteiger partial charge in [-0.1, -0.05) is 12.1 Å². The molecule has 2 aliphatic rings. The fourth-order valence-corrected chi connectivity index (χ4v) is 4.25. The first-order valence-corrected chi connectivity index (χ1v) is 9.58. The number of benzene rings is 1. The van der Waals surface area contributed by atoms with Crippen LogP contribution >= 0.6 is 0 Å². The van der Waals surface area contributed by atoms with Crippen molar-refractivity contribution in [1.82, 2.24) is 9.80 Å². The number of methoxy groups -OCH3 is 1. The molecule has 1 aromatic rings. The second kappa shape index (κ2) is 7.78. The van der Waals surface area contributed by atoms with Crippen LogP contribution in [0.4, 0.5) is 0 Å². The van der Waals surface area contributed by atoms with Crippen molar-refractivity contribution in [3.8, 4) is 0 Å². The van der Waals surface area contributed by atoms with Gasteiger partial charge in [0.25, 0.3) is 5.91 Å². The summed E-state index contributed by atoms with van der Waals surface area (Å²) >= 11 is 0. The van der Waals surface area contributed by atoms with Crippen LogP contribution in [0, 0.1) is 19.3 Å². The van der Waals surface area contributed by atoms with Crippen LogP contribution in [0.5, 0.6) is 0 Å². The Morgan fingerprint density at radius 3 is 2.62 bits per heavy atom. The minimum atomic E-state index is 0.143. The number of nitrogens with zero attached hydrogens (tertiary/aromatic N) is 2. The molecule has 1 spiro atoms. The highest BCUT2D eigenvalue weighted by molar-refractivity contribution is 5.96. The van der Waals surface area contributed by atoms with Gasteiger partial charge in [0.15, 0.2) is 0 Å². The molecule has 0 atom stereocenters. The number of carbonyl (C=O) groups is 2. The molecular weight excluding hydrogens is 328 g/mol. The van der Waals surface area contributed by atoms with Crippen molar-refractivity contribution in [1.29, 1.82) is 0 Å². The highest BCUT2D eigenvalue weighted by Crippen LogP contribution is 2.40. The summed E-state index contributed by atoms with van der Waals surface area (Å²) in [5.41, 5.74) is 3.22. The van der Waals surface area contributed by atoms with Crippen LogP contribution in [0.3, 0.4) is 0 Å². The maximum absolute atomic E-state index is 12.9. The van der Waals surface area contributed by atoms with E-state index in [9.17, 15) is 9.59 Å². The van der Waals surface area contributed by atoms with Gasteiger partial charge in [-0.2, -0.15) is 0 Å². The standard InChI is InChI=1S/C21H30N2O3/c1-16-5-4-6-18(17(16)2)20(25)22-11-9-21(10-12-22)8-7-19(24)23(15-21)13-14-26-3/h4-6H,7-15H2,1-3H3. The molecule has 0 saturated carbocycles. The van der Waals surface area contributed by atoms with Crippen LogP contribution in [0.2, 0.25) is 0 Å². The predicted octanol–water partition coefficient (Wildman–Crippen LogP) is 2.79. The normalized spacial score (nSPS) is 19.9. The Morgan fingerprint density at radius 1 is 1.19 bits per heavy atom. The molecule has 2 fully saturated rings. The van der Waals surface area contributed by atoms with Crippen LogP contribution in [0.1, 0.15) is 47.2 Å². The molecule has 2 saturated heterocycles. The van der Waals surface area contributed by atoms with Gasteiger partial charge in [-0.3, -0.25) is 9.59 Å². The van der Waals surface area contributed by atoms with Gasteiger partial charge in [0, 0.05) is 45.3 Å². The summed E-state index contributed by atoms with van der Waals surface area (Å²) in [7, 11) is 1.67. The van der Waals surface area contributed by atoms with E-state index >= 15 is 0 Å². The smallest absolute Gasteiger partial charge is 0.254 e. The van der Waals surface area contributed by atoms with Crippen LogP contribution in [-0.4, -0.2) is 61.5 Å². The summed E-state index contributed by atoms with van der Waals surface area (Å²) in [6.45, 7) is 7.68. The Labute approximate surface area is 156 Å². The number of hydrogen-bond acceptors (Lipinski definition) is 3. The molecule has 0 bridgehead atoms. The molecule has 2 heterocycles. The van der Waals surface area contributed by atoms with E-state index in [1.54, 1.807) is 7.11 Å². The average Bonchev–Trinajstić information content (AvgIpc) is 2.65. The zero-order chi connectivity index (χ0) is 18.7. The molecule has 0 aromatic heterocycles. The van der Waals surface area contributed by atoms with E-state index in [2.05, 4.69) is 0 Å². The van der Waals surface area contributed by atoms with E-state index < -0.39 is 0 Å². The number of rotatable bonds is 4. The lowest BCUT2D eigenvalue weighted by Crippen LogP contribution is -2.53. The third-order valence-corrected chi connectivity index (χ3v) is 6.26. The second-order valence-electron chi connectivity index (χ2n) is 7.85. The summed E-state index contributed by atoms with van der Waals surface area (Å²) in [6, 6.07) is 5.94. The minimum absolute atomic E-state index is 0.143. The van der Waals surface area contributed by atoms with Gasteiger partial charge in [0.2, 0.25) is 5.91 Å². The van der Waals surface area contributed by atoms with E-state index in [1.807, 2.05) is 41.8 Å². The zero-order valence-electron chi connectivity index (χ0n) is 16.2. The molecule has 142 valence electrons. The van der Waals surface area contributed by atoms with E-state index in [4.69, 9.17) is 4.74 Å². The van der Waals surface area contributed by atoms with Gasteiger partial charge < -0.3 is 14.5 Å². The van der Waals surface area contributed by atoms with Crippen molar-refractivity contribution in [3.05, 3.63) is 34.9 Å². The third-order valence-electron chi connectivity index (χ3n) is 6.26. The number of likely N-dealkylation sites (tertiary alicyclic amines) is 2. The monoisotopic (exact) mass is 358 g/mol. The van der Waals surface area contributed by atoms with Crippen LogP contribution < -0.4 is 0 Å². The first-order valence-electron chi connectivity index (χ1n) is 9.58. The van der Waals surface area contributed by atoms with Crippen molar-refractivity contribution in [2.45, 2.75) is 39.5 Å². The number of amides is 2. The Balaban J connectivity index is 1.64. The number of ether oxygens (including phenoxy) is 1. The summed E-state index contributed by atoms with van der Waals surface area (Å²) in [6.07, 6.45) is 3.51. The molecule has 3 rings (SSSR count). The van der Waals surface area contributed by atoms with E-state index in [-0.39, 0.29) is 17.2 Å². The van der Waals surface area contributed by atoms with Crippen molar-refractivity contribution < 1.29 is 14.3 Å². The molecule has 0 N–H and O–H groups in total. The van der Waals surface area contributed by atoms with Crippen LogP contribution in [-0.2, 0) is 9.53 Å². The highest BCUT2D eigenvalue weighted by Gasteiger charge is 2.41. The van der Waals surface area contributed by atoms with Gasteiger partial charge >= 0.3 is 0 Å². The number of carbonyl (C=O) groups excluding carboxylic acids is 2. The fourth-order valence-electron chi connectivity index (χ4n) is 4.25. The van der Waals surface area contributed by atoms with Crippen molar-refractivity contribution in [2.75, 3.05) is 39.9 Å². The third kappa shape index (κ3) is 3.78. The quantitative estimate of drug-likeness (QED) is 0.832. The van der Waals surface area contributed by atoms with Crippen LogP contribution in [0.15, 0.2) is 18.2 Å². The zero-order valence-corrected chi connectivity index (χ0v) is 16.2. The maximum atomic E-state index is 12.9. The molecule has 2 amide bonds. The molecule has 0 unspecified atom stereocenters. The minimum Gasteiger partial charge on any atom is -0.383 e. The average molecular weight is 358 g/mol. The highest BCUT2D eigenvalue weighted by atomic mass is 16.5. The lowest BCUT2D eigenvalue weighted by Gasteiger charge is -2.47. The summed E-state index contributed by atoms with van der Waals surface area (Å²) in [5.74, 6) is 0.380. The topological polar surface area (TPSA) is 49.9 Å². The fraction of sp³-hybridized carbons (Fsp3) is 0.619. The lowest BCUT2D eigenvalue weighted by molar-refractivity contribution is -0.139. The van der Waals surface area contributed by atoms with Crippen LogP contribution in [0.25, 0.3) is 0 Å². The van der Waals surface area contributed by atoms with Gasteiger partial charge in [0.1, 0.15) is 0 Å². The van der Waals surface area contributed by atoms with Crippen molar-refractivity contribution in [2.24, 2.45) is 5.41 Å². The Hall–Kier alpha value is -1.88. The first kappa shape index (κ1) is 18.9. The largest absolute Gasteiger partial charge is 0.383 e. The van der Waals surface area contributed by atoms with Crippen molar-refractivity contribution in [3.63, 3.8) is 0 Å². The van der Waals surface area contributed by atoms with Gasteiger partial charge in [0.05, 0.1) is 6.61 Å². The molecule has 5 nitrogen and oxygen atoms in total. The number of hydrogen-bond donors (Lipinski definition) is 0. The van der Waals surface area contributed by atoms with Gasteiger partial charge in [-0.05, 0) is 55.7 Å². The molecule has 0 aliphatic carbocycles. The Morgan fingerprint density at radius 2 is 1.92 bits per heavy atom. The van der Waals surface area contributed by atoms with Gasteiger partial charge in [-0.25, -0.2) is 0 Å². The van der Waals surface area contributed by atoms with E-state index in [0.29, 0.717) is 19.6 Å². The van der Waals surface area contributed by atoms with E-state index in [0.717, 1.165) is 55.6 Å². The van der Waals surface area contributed by atoms with E-state index in [1.165, 1.54) is 0 Å². The number of aryl methyl sites for hydroxylation is 1. The molecule has 0 radical (unpaired) electrons. The first-order chi connectivity index (χ1) is 12.5. The number of piperidine rings is 2. The summed E-state index contributed by atoms with van der Waals surface area (Å²) in [5, 5.41) is 0. The summed E-state index contributed by atoms with van der Waals surface area (Å²) < 4.78 is 5.14. The summed E-state index contributed by atoms with van der Waals surface area (Å²) in [4.78, 5) is 29.0. The predicted molar refractivity (Wildman–Crippen MR) is 101 cm³/mol. The molecule has 26 heavy (non-hydrogen) atoms. The molecular formula is C21H30N2O3.